The van der Waals surface area contributed by atoms with Crippen LogP contribution >= 0.6 is 0 Å². The van der Waals surface area contributed by atoms with E-state index >= 15 is 0 Å². The molecule has 1 N–H and O–H groups in total. The minimum absolute atomic E-state index is 0.197. The van der Waals surface area contributed by atoms with Gasteiger partial charge in [0.1, 0.15) is 0 Å². The van der Waals surface area contributed by atoms with Crippen LogP contribution in [0.1, 0.15) is 13.3 Å². The van der Waals surface area contributed by atoms with Crippen LogP contribution in [0.5, 0.6) is 0 Å². The van der Waals surface area contributed by atoms with Crippen LogP contribution in [0.3, 0.4) is 0 Å². The molecule has 0 spiro atoms. The Kier molecular flexibility index (Phi) is 3.78. The number of rotatable bonds is 4. The lowest BCUT2D eigenvalue weighted by atomic mass is 10.4. The number of carbonyl (C=O) groups excluding carboxylic acids is 1. The third kappa shape index (κ3) is 3.37. The molecule has 0 aliphatic heterocycles. The molecular formula is C8H10N3O4. The molecule has 0 amide bonds. The molecule has 1 radical (unpaired) electrons. The Morgan fingerprint density at radius 3 is 3.00 bits per heavy atom. The van der Waals surface area contributed by atoms with E-state index in [-0.39, 0.29) is 19.1 Å². The Hall–Kier alpha value is -1.92. The molecule has 0 fully saturated rings. The summed E-state index contributed by atoms with van der Waals surface area (Å²) in [6.07, 6.45) is 2.76. The number of carbonyl (C=O) groups is 1. The monoisotopic (exact) mass is 212 g/mol. The molecular weight excluding hydrogens is 202 g/mol. The molecule has 0 unspecified atom stereocenters. The smallest absolute Gasteiger partial charge is 0.330 e. The van der Waals surface area contributed by atoms with Gasteiger partial charge in [0.25, 0.3) is 0 Å². The topological polar surface area (TPSA) is 94.1 Å². The molecule has 0 aliphatic rings. The number of nitrogens with one attached hydrogen (secondary N) is 1. The van der Waals surface area contributed by atoms with Crippen molar-refractivity contribution in [2.45, 2.75) is 19.9 Å². The number of aromatic amines is 1. The summed E-state index contributed by atoms with van der Waals surface area (Å²) in [6, 6.07) is 0. The fraction of sp³-hybridized carbons (Fsp3) is 0.500. The maximum absolute atomic E-state index is 11.1. The van der Waals surface area contributed by atoms with E-state index in [4.69, 9.17) is 0 Å². The number of esters is 1. The number of aryl methyl sites for hydroxylation is 1. The summed E-state index contributed by atoms with van der Waals surface area (Å²) in [5, 5.41) is 5.32. The molecule has 1 rings (SSSR count). The van der Waals surface area contributed by atoms with Gasteiger partial charge in [-0.25, -0.2) is 5.10 Å². The highest BCUT2D eigenvalue weighted by Gasteiger charge is 2.01. The predicted octanol–water partition coefficient (Wildman–Crippen LogP) is -1.32. The Balaban J connectivity index is 2.52. The van der Waals surface area contributed by atoms with E-state index < -0.39 is 11.1 Å². The van der Waals surface area contributed by atoms with Crippen LogP contribution in [0.15, 0.2) is 9.59 Å². The molecule has 0 aromatic carbocycles. The van der Waals surface area contributed by atoms with Gasteiger partial charge in [-0.1, -0.05) is 0 Å². The van der Waals surface area contributed by atoms with Crippen LogP contribution in [0.4, 0.5) is 0 Å². The minimum atomic E-state index is -0.791. The molecule has 7 nitrogen and oxygen atoms in total. The lowest BCUT2D eigenvalue weighted by Gasteiger charge is -2.02. The van der Waals surface area contributed by atoms with Crippen LogP contribution in [0.25, 0.3) is 0 Å². The van der Waals surface area contributed by atoms with Crippen molar-refractivity contribution < 1.29 is 9.53 Å². The van der Waals surface area contributed by atoms with Gasteiger partial charge in [0.15, 0.2) is 0 Å². The fourth-order valence-corrected chi connectivity index (χ4v) is 0.942. The van der Waals surface area contributed by atoms with Crippen LogP contribution in [-0.4, -0.2) is 27.3 Å². The zero-order chi connectivity index (χ0) is 11.3. The number of hydrogen-bond acceptors (Lipinski definition) is 5. The van der Waals surface area contributed by atoms with E-state index in [0.29, 0.717) is 6.42 Å². The molecule has 15 heavy (non-hydrogen) atoms. The molecule has 1 aromatic heterocycles. The van der Waals surface area contributed by atoms with Gasteiger partial charge in [-0.2, -0.15) is 5.10 Å². The number of ether oxygens (including phenoxy) is 1. The molecule has 81 valence electrons. The molecule has 0 atom stereocenters. The molecule has 0 saturated heterocycles. The number of nitrogens with zero attached hydrogens (tertiary/aromatic N) is 2. The summed E-state index contributed by atoms with van der Waals surface area (Å²) in [6.45, 7) is 1.73. The van der Waals surface area contributed by atoms with E-state index in [9.17, 15) is 14.4 Å². The SMILES string of the molecule is CC(=O)OCCCn1[c]n[nH]c(=O)c1=O. The van der Waals surface area contributed by atoms with E-state index in [1.807, 2.05) is 5.10 Å². The zero-order valence-electron chi connectivity index (χ0n) is 8.15. The Morgan fingerprint density at radius 1 is 1.60 bits per heavy atom. The van der Waals surface area contributed by atoms with E-state index in [1.54, 1.807) is 0 Å². The molecule has 7 heteroatoms. The van der Waals surface area contributed by atoms with Gasteiger partial charge < -0.3 is 4.74 Å². The summed E-state index contributed by atoms with van der Waals surface area (Å²) < 4.78 is 5.70. The first-order chi connectivity index (χ1) is 7.11. The van der Waals surface area contributed by atoms with Crippen molar-refractivity contribution in [3.63, 3.8) is 0 Å². The third-order valence-corrected chi connectivity index (χ3v) is 1.60. The molecule has 0 saturated carbocycles. The van der Waals surface area contributed by atoms with Crippen molar-refractivity contribution in [2.24, 2.45) is 0 Å². The second-order valence-corrected chi connectivity index (χ2v) is 2.80. The third-order valence-electron chi connectivity index (χ3n) is 1.60. The average molecular weight is 212 g/mol. The Bertz CT molecular complexity index is 448. The summed E-state index contributed by atoms with van der Waals surface area (Å²) in [7, 11) is 0. The standard InChI is InChI=1S/C8H10N3O4/c1-6(12)15-4-2-3-11-5-9-10-7(13)8(11)14/h2-4H2,1H3,(H,10,13). The fourth-order valence-electron chi connectivity index (χ4n) is 0.942. The number of aromatic nitrogens is 3. The van der Waals surface area contributed by atoms with Gasteiger partial charge in [-0.3, -0.25) is 19.0 Å². The van der Waals surface area contributed by atoms with Gasteiger partial charge in [-0.05, 0) is 6.42 Å². The van der Waals surface area contributed by atoms with Crippen molar-refractivity contribution in [3.8, 4) is 0 Å². The van der Waals surface area contributed by atoms with Gasteiger partial charge >= 0.3 is 17.1 Å². The Labute approximate surface area is 84.7 Å². The second-order valence-electron chi connectivity index (χ2n) is 2.80. The maximum atomic E-state index is 11.1. The highest BCUT2D eigenvalue weighted by atomic mass is 16.5. The highest BCUT2D eigenvalue weighted by molar-refractivity contribution is 5.65. The van der Waals surface area contributed by atoms with Gasteiger partial charge in [0.05, 0.1) is 6.61 Å². The Morgan fingerprint density at radius 2 is 2.33 bits per heavy atom. The number of hydrogen-bond donors (Lipinski definition) is 1. The van der Waals surface area contributed by atoms with Crippen molar-refractivity contribution in [2.75, 3.05) is 6.61 Å². The molecule has 1 heterocycles. The molecule has 1 aromatic rings. The quantitative estimate of drug-likeness (QED) is 0.379. The number of H-pyrrole nitrogens is 1. The normalized spacial score (nSPS) is 9.93. The molecule has 0 bridgehead atoms. The minimum Gasteiger partial charge on any atom is -0.466 e. The van der Waals surface area contributed by atoms with Crippen molar-refractivity contribution in [3.05, 3.63) is 27.0 Å². The molecule has 0 aliphatic carbocycles. The predicted molar refractivity (Wildman–Crippen MR) is 49.2 cm³/mol. The maximum Gasteiger partial charge on any atom is 0.330 e. The van der Waals surface area contributed by atoms with Crippen molar-refractivity contribution in [1.82, 2.24) is 14.8 Å². The van der Waals surface area contributed by atoms with Crippen LogP contribution < -0.4 is 11.1 Å². The van der Waals surface area contributed by atoms with Gasteiger partial charge in [-0.15, -0.1) is 0 Å². The van der Waals surface area contributed by atoms with Crippen LogP contribution in [0, 0.1) is 6.33 Å². The first kappa shape index (κ1) is 11.2. The van der Waals surface area contributed by atoms with E-state index in [0.717, 1.165) is 4.57 Å². The summed E-state index contributed by atoms with van der Waals surface area (Å²) in [4.78, 5) is 32.4. The largest absolute Gasteiger partial charge is 0.466 e. The first-order valence-electron chi connectivity index (χ1n) is 4.32. The first-order valence-corrected chi connectivity index (χ1v) is 4.32. The van der Waals surface area contributed by atoms with Crippen molar-refractivity contribution >= 4 is 5.97 Å². The lowest BCUT2D eigenvalue weighted by molar-refractivity contribution is -0.141. The summed E-state index contributed by atoms with van der Waals surface area (Å²) in [5.74, 6) is -0.379. The van der Waals surface area contributed by atoms with Gasteiger partial charge in [0.2, 0.25) is 6.33 Å². The second kappa shape index (κ2) is 5.08. The lowest BCUT2D eigenvalue weighted by Crippen LogP contribution is -2.37. The average Bonchev–Trinajstić information content (AvgIpc) is 2.18. The van der Waals surface area contributed by atoms with E-state index in [1.165, 1.54) is 6.92 Å². The van der Waals surface area contributed by atoms with Crippen LogP contribution in [0.2, 0.25) is 0 Å². The zero-order valence-corrected chi connectivity index (χ0v) is 8.15. The van der Waals surface area contributed by atoms with Gasteiger partial charge in [0, 0.05) is 13.5 Å². The summed E-state index contributed by atoms with van der Waals surface area (Å²) in [5.41, 5.74) is -1.51. The van der Waals surface area contributed by atoms with Crippen molar-refractivity contribution in [1.29, 1.82) is 0 Å². The summed E-state index contributed by atoms with van der Waals surface area (Å²) >= 11 is 0. The van der Waals surface area contributed by atoms with Crippen LogP contribution in [-0.2, 0) is 16.1 Å². The highest BCUT2D eigenvalue weighted by Crippen LogP contribution is 1.86. The van der Waals surface area contributed by atoms with E-state index in [2.05, 4.69) is 16.2 Å².